The third-order valence-electron chi connectivity index (χ3n) is 2.97. The van der Waals surface area contributed by atoms with Crippen LogP contribution in [-0.2, 0) is 6.54 Å². The summed E-state index contributed by atoms with van der Waals surface area (Å²) in [6.07, 6.45) is 0. The highest BCUT2D eigenvalue weighted by atomic mass is 79.9. The Morgan fingerprint density at radius 2 is 2.05 bits per heavy atom. The van der Waals surface area contributed by atoms with Gasteiger partial charge < -0.3 is 9.55 Å². The smallest absolute Gasteiger partial charge is 0.178 e. The molecule has 1 aromatic heterocycles. The summed E-state index contributed by atoms with van der Waals surface area (Å²) in [5.41, 5.74) is 2.74. The predicted octanol–water partition coefficient (Wildman–Crippen LogP) is 4.65. The second-order valence-electron chi connectivity index (χ2n) is 4.31. The van der Waals surface area contributed by atoms with Gasteiger partial charge >= 0.3 is 0 Å². The maximum absolute atomic E-state index is 13.4. The topological polar surface area (TPSA) is 20.7 Å². The van der Waals surface area contributed by atoms with Crippen LogP contribution in [-0.4, -0.2) is 9.55 Å². The van der Waals surface area contributed by atoms with E-state index in [1.54, 1.807) is 6.07 Å². The Morgan fingerprint density at radius 1 is 1.21 bits per heavy atom. The zero-order valence-corrected chi connectivity index (χ0v) is 12.3. The molecule has 0 amide bonds. The Hall–Kier alpha value is -1.46. The molecule has 2 nitrogen and oxygen atoms in total. The number of H-pyrrole nitrogens is 1. The molecule has 0 aliphatic heterocycles. The Labute approximate surface area is 123 Å². The molecular formula is C14H10BrFN2S. The molecule has 0 aliphatic carbocycles. The lowest BCUT2D eigenvalue weighted by Crippen LogP contribution is -1.99. The summed E-state index contributed by atoms with van der Waals surface area (Å²) in [5.74, 6) is -0.260. The van der Waals surface area contributed by atoms with Crippen LogP contribution in [0, 0.1) is 10.6 Å². The van der Waals surface area contributed by atoms with Crippen molar-refractivity contribution in [3.05, 3.63) is 63.1 Å². The molecule has 0 aliphatic rings. The molecular weight excluding hydrogens is 327 g/mol. The van der Waals surface area contributed by atoms with Crippen LogP contribution in [0.3, 0.4) is 0 Å². The van der Waals surface area contributed by atoms with Gasteiger partial charge in [-0.2, -0.15) is 0 Å². The number of aromatic nitrogens is 2. The fourth-order valence-electron chi connectivity index (χ4n) is 2.10. The predicted molar refractivity (Wildman–Crippen MR) is 80.3 cm³/mol. The van der Waals surface area contributed by atoms with E-state index in [-0.39, 0.29) is 5.82 Å². The van der Waals surface area contributed by atoms with Gasteiger partial charge in [0.15, 0.2) is 4.77 Å². The minimum absolute atomic E-state index is 0.260. The van der Waals surface area contributed by atoms with Crippen molar-refractivity contribution in [1.29, 1.82) is 0 Å². The van der Waals surface area contributed by atoms with E-state index in [4.69, 9.17) is 12.2 Å². The van der Waals surface area contributed by atoms with Crippen molar-refractivity contribution in [2.45, 2.75) is 6.54 Å². The highest BCUT2D eigenvalue weighted by molar-refractivity contribution is 9.10. The van der Waals surface area contributed by atoms with Crippen molar-refractivity contribution in [1.82, 2.24) is 9.55 Å². The monoisotopic (exact) mass is 336 g/mol. The minimum Gasteiger partial charge on any atom is -0.331 e. The second-order valence-corrected chi connectivity index (χ2v) is 5.61. The fourth-order valence-corrected chi connectivity index (χ4v) is 2.82. The molecule has 1 N–H and O–H groups in total. The molecule has 0 bridgehead atoms. The van der Waals surface area contributed by atoms with Crippen LogP contribution in [0.25, 0.3) is 11.0 Å². The molecule has 0 fully saturated rings. The van der Waals surface area contributed by atoms with Crippen molar-refractivity contribution < 1.29 is 4.39 Å². The zero-order valence-electron chi connectivity index (χ0n) is 9.86. The van der Waals surface area contributed by atoms with E-state index >= 15 is 0 Å². The maximum atomic E-state index is 13.4. The lowest BCUT2D eigenvalue weighted by Gasteiger charge is -2.05. The molecule has 3 aromatic rings. The van der Waals surface area contributed by atoms with Crippen molar-refractivity contribution >= 4 is 39.2 Å². The lowest BCUT2D eigenvalue weighted by molar-refractivity contribution is 0.628. The third-order valence-corrected chi connectivity index (χ3v) is 3.78. The largest absolute Gasteiger partial charge is 0.331 e. The Bertz CT molecular complexity index is 807. The highest BCUT2D eigenvalue weighted by Crippen LogP contribution is 2.19. The van der Waals surface area contributed by atoms with Gasteiger partial charge in [0.05, 0.1) is 17.6 Å². The molecule has 0 spiro atoms. The van der Waals surface area contributed by atoms with Gasteiger partial charge in [-0.3, -0.25) is 0 Å². The van der Waals surface area contributed by atoms with Crippen LogP contribution in [0.1, 0.15) is 5.56 Å². The SMILES string of the molecule is Fc1ccc2[nH]c(=S)n(Cc3cccc(Br)c3)c2c1. The third kappa shape index (κ3) is 2.48. The van der Waals surface area contributed by atoms with Gasteiger partial charge in [0.1, 0.15) is 5.82 Å². The zero-order chi connectivity index (χ0) is 13.4. The van der Waals surface area contributed by atoms with Gasteiger partial charge in [-0.25, -0.2) is 4.39 Å². The Balaban J connectivity index is 2.12. The summed E-state index contributed by atoms with van der Waals surface area (Å²) in [7, 11) is 0. The van der Waals surface area contributed by atoms with Crippen LogP contribution in [0.4, 0.5) is 4.39 Å². The molecule has 0 radical (unpaired) electrons. The summed E-state index contributed by atoms with van der Waals surface area (Å²) in [4.78, 5) is 3.09. The van der Waals surface area contributed by atoms with E-state index < -0.39 is 0 Å². The molecule has 96 valence electrons. The number of aromatic amines is 1. The molecule has 1 heterocycles. The standard InChI is InChI=1S/C14H10BrFN2S/c15-10-3-1-2-9(6-10)8-18-13-7-11(16)4-5-12(13)17-14(18)19/h1-7H,8H2,(H,17,19). The minimum atomic E-state index is -0.260. The Morgan fingerprint density at radius 3 is 2.84 bits per heavy atom. The first-order chi connectivity index (χ1) is 9.13. The summed E-state index contributed by atoms with van der Waals surface area (Å²) in [5, 5.41) is 0. The average Bonchev–Trinajstić information content (AvgIpc) is 2.66. The number of hydrogen-bond acceptors (Lipinski definition) is 1. The van der Waals surface area contributed by atoms with Gasteiger partial charge in [-0.1, -0.05) is 28.1 Å². The van der Waals surface area contributed by atoms with E-state index in [0.717, 1.165) is 21.1 Å². The second kappa shape index (κ2) is 4.90. The van der Waals surface area contributed by atoms with Crippen molar-refractivity contribution in [2.24, 2.45) is 0 Å². The fraction of sp³-hybridized carbons (Fsp3) is 0.0714. The van der Waals surface area contributed by atoms with Gasteiger partial charge in [0.2, 0.25) is 0 Å². The van der Waals surface area contributed by atoms with Crippen molar-refractivity contribution in [2.75, 3.05) is 0 Å². The summed E-state index contributed by atoms with van der Waals surface area (Å²) in [6, 6.07) is 12.6. The number of nitrogens with one attached hydrogen (secondary N) is 1. The molecule has 0 saturated carbocycles. The first-order valence-corrected chi connectivity index (χ1v) is 6.96. The van der Waals surface area contributed by atoms with E-state index in [1.165, 1.54) is 12.1 Å². The number of fused-ring (bicyclic) bond motifs is 1. The van der Waals surface area contributed by atoms with Crippen LogP contribution in [0.5, 0.6) is 0 Å². The molecule has 5 heteroatoms. The van der Waals surface area contributed by atoms with Crippen LogP contribution < -0.4 is 0 Å². The molecule has 0 atom stereocenters. The highest BCUT2D eigenvalue weighted by Gasteiger charge is 2.06. The number of rotatable bonds is 2. The average molecular weight is 337 g/mol. The van der Waals surface area contributed by atoms with E-state index in [1.807, 2.05) is 28.8 Å². The van der Waals surface area contributed by atoms with Crippen molar-refractivity contribution in [3.63, 3.8) is 0 Å². The van der Waals surface area contributed by atoms with E-state index in [0.29, 0.717) is 11.3 Å². The molecule has 2 aromatic carbocycles. The van der Waals surface area contributed by atoms with Gasteiger partial charge in [-0.05, 0) is 48.1 Å². The quantitative estimate of drug-likeness (QED) is 0.675. The van der Waals surface area contributed by atoms with Gasteiger partial charge in [0.25, 0.3) is 0 Å². The number of nitrogens with zero attached hydrogens (tertiary/aromatic N) is 1. The molecule has 3 rings (SSSR count). The maximum Gasteiger partial charge on any atom is 0.178 e. The lowest BCUT2D eigenvalue weighted by atomic mass is 10.2. The first kappa shape index (κ1) is 12.6. The van der Waals surface area contributed by atoms with E-state index in [2.05, 4.69) is 20.9 Å². The number of imidazole rings is 1. The number of benzene rings is 2. The normalized spacial score (nSPS) is 11.1. The molecule has 19 heavy (non-hydrogen) atoms. The van der Waals surface area contributed by atoms with Crippen LogP contribution in [0.15, 0.2) is 46.9 Å². The molecule has 0 saturated heterocycles. The summed E-state index contributed by atoms with van der Waals surface area (Å²) >= 11 is 8.74. The molecule has 0 unspecified atom stereocenters. The van der Waals surface area contributed by atoms with E-state index in [9.17, 15) is 4.39 Å². The first-order valence-electron chi connectivity index (χ1n) is 5.76. The van der Waals surface area contributed by atoms with Crippen LogP contribution >= 0.6 is 28.1 Å². The van der Waals surface area contributed by atoms with Gasteiger partial charge in [0, 0.05) is 4.47 Å². The number of halogens is 2. The van der Waals surface area contributed by atoms with Gasteiger partial charge in [-0.15, -0.1) is 0 Å². The summed E-state index contributed by atoms with van der Waals surface area (Å²) in [6.45, 7) is 0.613. The Kier molecular flexibility index (Phi) is 3.24. The summed E-state index contributed by atoms with van der Waals surface area (Å²) < 4.78 is 16.9. The number of hydrogen-bond donors (Lipinski definition) is 1. The van der Waals surface area contributed by atoms with Crippen molar-refractivity contribution in [3.8, 4) is 0 Å². The van der Waals surface area contributed by atoms with Crippen LogP contribution in [0.2, 0.25) is 0 Å².